The second-order valence-corrected chi connectivity index (χ2v) is 4.93. The number of fused-ring (bicyclic) bond motifs is 2. The van der Waals surface area contributed by atoms with Gasteiger partial charge in [-0.15, -0.1) is 0 Å². The molecule has 0 spiro atoms. The molecule has 1 aromatic rings. The van der Waals surface area contributed by atoms with Gasteiger partial charge in [-0.1, -0.05) is 31.0 Å². The van der Waals surface area contributed by atoms with E-state index in [1.165, 1.54) is 37.7 Å². The molecule has 2 aliphatic rings. The van der Waals surface area contributed by atoms with Gasteiger partial charge in [-0.05, 0) is 42.7 Å². The van der Waals surface area contributed by atoms with E-state index in [1.54, 1.807) is 0 Å². The number of hydrogen-bond donors (Lipinski definition) is 0. The quantitative estimate of drug-likeness (QED) is 0.626. The summed E-state index contributed by atoms with van der Waals surface area (Å²) >= 11 is 0. The minimum absolute atomic E-state index is 0.811. The van der Waals surface area contributed by atoms with Crippen LogP contribution >= 0.6 is 0 Å². The Morgan fingerprint density at radius 1 is 1.00 bits per heavy atom. The van der Waals surface area contributed by atoms with E-state index in [4.69, 9.17) is 4.74 Å². The van der Waals surface area contributed by atoms with E-state index in [2.05, 4.69) is 24.3 Å². The second kappa shape index (κ2) is 3.88. The smallest absolute Gasteiger partial charge is 0.122 e. The van der Waals surface area contributed by atoms with Gasteiger partial charge in [0.05, 0.1) is 6.61 Å². The molecule has 15 heavy (non-hydrogen) atoms. The van der Waals surface area contributed by atoms with Gasteiger partial charge in [-0.25, -0.2) is 0 Å². The van der Waals surface area contributed by atoms with Gasteiger partial charge in [-0.2, -0.15) is 0 Å². The largest absolute Gasteiger partial charge is 0.493 e. The van der Waals surface area contributed by atoms with Crippen molar-refractivity contribution in [3.05, 3.63) is 29.8 Å². The first-order valence-electron chi connectivity index (χ1n) is 6.14. The lowest BCUT2D eigenvalue weighted by Gasteiger charge is -2.28. The highest BCUT2D eigenvalue weighted by atomic mass is 16.5. The molecule has 0 saturated heterocycles. The zero-order valence-electron chi connectivity index (χ0n) is 9.11. The zero-order valence-corrected chi connectivity index (χ0v) is 9.11. The molecule has 1 aromatic carbocycles. The van der Waals surface area contributed by atoms with Crippen molar-refractivity contribution in [2.75, 3.05) is 6.61 Å². The van der Waals surface area contributed by atoms with Crippen LogP contribution in [-0.2, 0) is 6.42 Å². The lowest BCUT2D eigenvalue weighted by Crippen LogP contribution is -2.24. The first-order chi connectivity index (χ1) is 7.43. The van der Waals surface area contributed by atoms with Gasteiger partial charge in [0.2, 0.25) is 0 Å². The Bertz CT molecular complexity index is 345. The molecule has 80 valence electrons. The molecule has 1 heteroatoms. The van der Waals surface area contributed by atoms with Gasteiger partial charge in [-0.3, -0.25) is 0 Å². The molecule has 0 N–H and O–H groups in total. The molecule has 1 aliphatic carbocycles. The van der Waals surface area contributed by atoms with Crippen LogP contribution in [0.2, 0.25) is 0 Å². The molecule has 1 aliphatic heterocycles. The summed E-state index contributed by atoms with van der Waals surface area (Å²) in [6, 6.07) is 8.55. The van der Waals surface area contributed by atoms with Crippen molar-refractivity contribution in [2.24, 2.45) is 11.8 Å². The lowest BCUT2D eigenvalue weighted by atomic mass is 9.77. The molecule has 0 bridgehead atoms. The minimum atomic E-state index is 0.811. The summed E-state index contributed by atoms with van der Waals surface area (Å²) in [6.45, 7) is 0.946. The average molecular weight is 202 g/mol. The molecular formula is C14H18O. The maximum atomic E-state index is 5.92. The predicted molar refractivity (Wildman–Crippen MR) is 61.1 cm³/mol. The highest BCUT2D eigenvalue weighted by molar-refractivity contribution is 5.34. The third-order valence-electron chi connectivity index (χ3n) is 3.97. The number of hydrogen-bond acceptors (Lipinski definition) is 1. The maximum absolute atomic E-state index is 5.92. The molecule has 0 amide bonds. The van der Waals surface area contributed by atoms with Gasteiger partial charge in [0, 0.05) is 0 Å². The molecule has 3 rings (SSSR count). The number of para-hydroxylation sites is 1. The molecule has 1 fully saturated rings. The standard InChI is InChI=1S/C14H18O/c1-2-7-13-10-15-14-8-4-3-6-12(14)9-11(13)5-1/h3-4,6,8,11,13H,1-2,5,7,9-10H2/t11-,13+/m0/s1. The van der Waals surface area contributed by atoms with Crippen molar-refractivity contribution in [3.63, 3.8) is 0 Å². The van der Waals surface area contributed by atoms with Crippen molar-refractivity contribution >= 4 is 0 Å². The fourth-order valence-corrected chi connectivity index (χ4v) is 3.07. The molecular weight excluding hydrogens is 184 g/mol. The van der Waals surface area contributed by atoms with E-state index in [1.807, 2.05) is 0 Å². The van der Waals surface area contributed by atoms with E-state index in [9.17, 15) is 0 Å². The van der Waals surface area contributed by atoms with Gasteiger partial charge in [0.1, 0.15) is 5.75 Å². The van der Waals surface area contributed by atoms with Crippen molar-refractivity contribution in [1.29, 1.82) is 0 Å². The summed E-state index contributed by atoms with van der Waals surface area (Å²) in [5, 5.41) is 0. The summed E-state index contributed by atoms with van der Waals surface area (Å²) in [4.78, 5) is 0. The third kappa shape index (κ3) is 1.75. The number of rotatable bonds is 0. The van der Waals surface area contributed by atoms with Crippen LogP contribution in [0.3, 0.4) is 0 Å². The zero-order chi connectivity index (χ0) is 10.1. The van der Waals surface area contributed by atoms with E-state index >= 15 is 0 Å². The van der Waals surface area contributed by atoms with Crippen LogP contribution in [0, 0.1) is 11.8 Å². The molecule has 0 radical (unpaired) electrons. The van der Waals surface area contributed by atoms with Crippen LogP contribution in [0.1, 0.15) is 31.2 Å². The monoisotopic (exact) mass is 202 g/mol. The van der Waals surface area contributed by atoms with Crippen molar-refractivity contribution in [3.8, 4) is 5.75 Å². The Labute approximate surface area is 91.5 Å². The highest BCUT2D eigenvalue weighted by Crippen LogP contribution is 2.37. The van der Waals surface area contributed by atoms with Crippen LogP contribution in [-0.4, -0.2) is 6.61 Å². The maximum Gasteiger partial charge on any atom is 0.122 e. The SMILES string of the molecule is c1ccc2c(c1)C[C@@H]1CCCC[C@@H]1CO2. The first kappa shape index (κ1) is 9.26. The van der Waals surface area contributed by atoms with Crippen molar-refractivity contribution < 1.29 is 4.74 Å². The Morgan fingerprint density at radius 2 is 1.80 bits per heavy atom. The summed E-state index contributed by atoms with van der Waals surface area (Å²) in [7, 11) is 0. The van der Waals surface area contributed by atoms with Crippen LogP contribution in [0.15, 0.2) is 24.3 Å². The van der Waals surface area contributed by atoms with Crippen LogP contribution in [0.5, 0.6) is 5.75 Å². The summed E-state index contributed by atoms with van der Waals surface area (Å²) < 4.78 is 5.92. The van der Waals surface area contributed by atoms with E-state index in [0.717, 1.165) is 24.2 Å². The summed E-state index contributed by atoms with van der Waals surface area (Å²) in [5.74, 6) is 2.82. The Hall–Kier alpha value is -0.980. The van der Waals surface area contributed by atoms with E-state index < -0.39 is 0 Å². The van der Waals surface area contributed by atoms with Crippen LogP contribution < -0.4 is 4.74 Å². The Balaban J connectivity index is 1.88. The fourth-order valence-electron chi connectivity index (χ4n) is 3.07. The van der Waals surface area contributed by atoms with Crippen molar-refractivity contribution in [1.82, 2.24) is 0 Å². The Kier molecular flexibility index (Phi) is 2.40. The predicted octanol–water partition coefficient (Wildman–Crippen LogP) is 3.43. The topological polar surface area (TPSA) is 9.23 Å². The fraction of sp³-hybridized carbons (Fsp3) is 0.571. The number of benzene rings is 1. The van der Waals surface area contributed by atoms with Gasteiger partial charge in [0.15, 0.2) is 0 Å². The highest BCUT2D eigenvalue weighted by Gasteiger charge is 2.29. The van der Waals surface area contributed by atoms with E-state index in [0.29, 0.717) is 0 Å². The second-order valence-electron chi connectivity index (χ2n) is 4.93. The van der Waals surface area contributed by atoms with Crippen molar-refractivity contribution in [2.45, 2.75) is 32.1 Å². The van der Waals surface area contributed by atoms with Gasteiger partial charge >= 0.3 is 0 Å². The molecule has 1 saturated carbocycles. The molecule has 1 heterocycles. The summed E-state index contributed by atoms with van der Waals surface area (Å²) in [5.41, 5.74) is 1.42. The summed E-state index contributed by atoms with van der Waals surface area (Å²) in [6.07, 6.45) is 6.84. The Morgan fingerprint density at radius 3 is 2.73 bits per heavy atom. The van der Waals surface area contributed by atoms with E-state index in [-0.39, 0.29) is 0 Å². The number of ether oxygens (including phenoxy) is 1. The minimum Gasteiger partial charge on any atom is -0.493 e. The van der Waals surface area contributed by atoms with Gasteiger partial charge < -0.3 is 4.74 Å². The average Bonchev–Trinajstić information content (AvgIpc) is 2.48. The first-order valence-corrected chi connectivity index (χ1v) is 6.14. The third-order valence-corrected chi connectivity index (χ3v) is 3.97. The normalized spacial score (nSPS) is 29.6. The molecule has 0 unspecified atom stereocenters. The molecule has 2 atom stereocenters. The molecule has 1 nitrogen and oxygen atoms in total. The van der Waals surface area contributed by atoms with Gasteiger partial charge in [0.25, 0.3) is 0 Å². The lowest BCUT2D eigenvalue weighted by molar-refractivity contribution is 0.163. The molecule has 0 aromatic heterocycles. The van der Waals surface area contributed by atoms with Crippen LogP contribution in [0.4, 0.5) is 0 Å². The van der Waals surface area contributed by atoms with Crippen LogP contribution in [0.25, 0.3) is 0 Å².